The first-order valence-corrected chi connectivity index (χ1v) is 7.13. The van der Waals surface area contributed by atoms with Crippen molar-refractivity contribution in [2.75, 3.05) is 5.32 Å². The molecule has 18 heavy (non-hydrogen) atoms. The summed E-state index contributed by atoms with van der Waals surface area (Å²) in [6.45, 7) is 2.05. The van der Waals surface area contributed by atoms with Crippen molar-refractivity contribution in [3.8, 4) is 0 Å². The maximum atomic E-state index is 12.2. The van der Waals surface area contributed by atoms with E-state index in [1.54, 1.807) is 0 Å². The maximum Gasteiger partial charge on any atom is 0.227 e. The molecule has 2 heteroatoms. The van der Waals surface area contributed by atoms with E-state index < -0.39 is 0 Å². The van der Waals surface area contributed by atoms with E-state index in [0.29, 0.717) is 0 Å². The molecule has 2 rings (SSSR count). The second-order valence-corrected chi connectivity index (χ2v) is 5.40. The average molecular weight is 245 g/mol. The Morgan fingerprint density at radius 3 is 2.44 bits per heavy atom. The Kier molecular flexibility index (Phi) is 4.80. The molecule has 2 nitrogen and oxygen atoms in total. The van der Waals surface area contributed by atoms with Crippen molar-refractivity contribution in [3.05, 3.63) is 29.8 Å². The Morgan fingerprint density at radius 2 is 1.78 bits per heavy atom. The third-order valence-corrected chi connectivity index (χ3v) is 3.76. The largest absolute Gasteiger partial charge is 0.326 e. The van der Waals surface area contributed by atoms with Gasteiger partial charge in [0.2, 0.25) is 5.91 Å². The molecular formula is C16H23NO. The molecule has 0 unspecified atom stereocenters. The molecule has 1 N–H and O–H groups in total. The highest BCUT2D eigenvalue weighted by Gasteiger charge is 2.19. The molecular weight excluding hydrogens is 222 g/mol. The van der Waals surface area contributed by atoms with Crippen molar-refractivity contribution in [2.24, 2.45) is 5.92 Å². The van der Waals surface area contributed by atoms with Gasteiger partial charge in [-0.05, 0) is 37.5 Å². The predicted octanol–water partition coefficient (Wildman–Crippen LogP) is 4.29. The fourth-order valence-electron chi connectivity index (χ4n) is 2.69. The first-order valence-electron chi connectivity index (χ1n) is 7.13. The maximum absolute atomic E-state index is 12.2. The lowest BCUT2D eigenvalue weighted by Gasteiger charge is -2.19. The van der Waals surface area contributed by atoms with Crippen LogP contribution in [0, 0.1) is 12.8 Å². The fourth-order valence-corrected chi connectivity index (χ4v) is 2.69. The van der Waals surface area contributed by atoms with Crippen molar-refractivity contribution in [1.82, 2.24) is 0 Å². The number of benzene rings is 1. The van der Waals surface area contributed by atoms with Crippen LogP contribution in [0.5, 0.6) is 0 Å². The van der Waals surface area contributed by atoms with Gasteiger partial charge in [0.15, 0.2) is 0 Å². The van der Waals surface area contributed by atoms with E-state index in [2.05, 4.69) is 5.32 Å². The summed E-state index contributed by atoms with van der Waals surface area (Å²) in [4.78, 5) is 12.2. The van der Waals surface area contributed by atoms with Crippen LogP contribution in [-0.2, 0) is 4.79 Å². The summed E-state index contributed by atoms with van der Waals surface area (Å²) in [5, 5.41) is 3.06. The number of carbonyl (C=O) groups excluding carboxylic acids is 1. The molecule has 0 radical (unpaired) electrons. The zero-order chi connectivity index (χ0) is 12.8. The highest BCUT2D eigenvalue weighted by Crippen LogP contribution is 2.23. The highest BCUT2D eigenvalue weighted by atomic mass is 16.1. The summed E-state index contributed by atoms with van der Waals surface area (Å²) in [6.07, 6.45) is 8.42. The van der Waals surface area contributed by atoms with Gasteiger partial charge in [-0.15, -0.1) is 0 Å². The Balaban J connectivity index is 1.93. The van der Waals surface area contributed by atoms with Crippen LogP contribution in [0.2, 0.25) is 0 Å². The number of nitrogens with one attached hydrogen (secondary N) is 1. The Morgan fingerprint density at radius 1 is 1.11 bits per heavy atom. The van der Waals surface area contributed by atoms with Crippen LogP contribution in [0.3, 0.4) is 0 Å². The van der Waals surface area contributed by atoms with Gasteiger partial charge in [0, 0.05) is 11.6 Å². The van der Waals surface area contributed by atoms with Crippen molar-refractivity contribution in [1.29, 1.82) is 0 Å². The van der Waals surface area contributed by atoms with Crippen LogP contribution < -0.4 is 5.32 Å². The molecule has 0 atom stereocenters. The number of hydrogen-bond acceptors (Lipinski definition) is 1. The molecule has 1 aromatic carbocycles. The molecule has 0 heterocycles. The molecule has 0 bridgehead atoms. The van der Waals surface area contributed by atoms with Gasteiger partial charge in [0.25, 0.3) is 0 Å². The van der Waals surface area contributed by atoms with Crippen LogP contribution in [0.15, 0.2) is 24.3 Å². The van der Waals surface area contributed by atoms with Gasteiger partial charge in [0.05, 0.1) is 0 Å². The van der Waals surface area contributed by atoms with Crippen LogP contribution >= 0.6 is 0 Å². The van der Waals surface area contributed by atoms with Gasteiger partial charge in [-0.2, -0.15) is 0 Å². The molecule has 1 aliphatic carbocycles. The molecule has 0 aromatic heterocycles. The number of anilines is 1. The monoisotopic (exact) mass is 245 g/mol. The minimum atomic E-state index is 0.211. The number of amides is 1. The standard InChI is InChI=1S/C16H23NO/c1-13-8-7-11-15(12-13)17-16(18)14-9-5-3-2-4-6-10-14/h7-8,11-12,14H,2-6,9-10H2,1H3,(H,17,18). The molecule has 1 aliphatic rings. The fraction of sp³-hybridized carbons (Fsp3) is 0.562. The number of hydrogen-bond donors (Lipinski definition) is 1. The Labute approximate surface area is 110 Å². The minimum Gasteiger partial charge on any atom is -0.326 e. The zero-order valence-electron chi connectivity index (χ0n) is 11.2. The summed E-state index contributed by atoms with van der Waals surface area (Å²) in [6, 6.07) is 8.03. The van der Waals surface area contributed by atoms with Gasteiger partial charge in [-0.1, -0.05) is 44.2 Å². The summed E-state index contributed by atoms with van der Waals surface area (Å²) in [5.74, 6) is 0.424. The van der Waals surface area contributed by atoms with E-state index in [1.165, 1.54) is 37.7 Å². The smallest absolute Gasteiger partial charge is 0.227 e. The van der Waals surface area contributed by atoms with Crippen LogP contribution in [0.4, 0.5) is 5.69 Å². The highest BCUT2D eigenvalue weighted by molar-refractivity contribution is 5.92. The number of carbonyl (C=O) groups is 1. The molecule has 1 fully saturated rings. The van der Waals surface area contributed by atoms with Crippen molar-refractivity contribution in [3.63, 3.8) is 0 Å². The molecule has 0 aliphatic heterocycles. The van der Waals surface area contributed by atoms with Gasteiger partial charge >= 0.3 is 0 Å². The summed E-state index contributed by atoms with van der Waals surface area (Å²) in [5.41, 5.74) is 2.12. The Bertz CT molecular complexity index is 392. The van der Waals surface area contributed by atoms with E-state index >= 15 is 0 Å². The molecule has 0 spiro atoms. The van der Waals surface area contributed by atoms with Crippen LogP contribution in [0.1, 0.15) is 50.5 Å². The first-order chi connectivity index (χ1) is 8.75. The topological polar surface area (TPSA) is 29.1 Å². The third-order valence-electron chi connectivity index (χ3n) is 3.76. The minimum absolute atomic E-state index is 0.211. The molecule has 1 aromatic rings. The molecule has 1 saturated carbocycles. The summed E-state index contributed by atoms with van der Waals surface area (Å²) < 4.78 is 0. The summed E-state index contributed by atoms with van der Waals surface area (Å²) >= 11 is 0. The second-order valence-electron chi connectivity index (χ2n) is 5.40. The molecule has 1 amide bonds. The van der Waals surface area contributed by atoms with E-state index in [4.69, 9.17) is 0 Å². The van der Waals surface area contributed by atoms with Crippen LogP contribution in [-0.4, -0.2) is 5.91 Å². The van der Waals surface area contributed by atoms with E-state index in [-0.39, 0.29) is 11.8 Å². The van der Waals surface area contributed by atoms with E-state index in [9.17, 15) is 4.79 Å². The van der Waals surface area contributed by atoms with Gasteiger partial charge in [-0.25, -0.2) is 0 Å². The predicted molar refractivity (Wildman–Crippen MR) is 75.6 cm³/mol. The first kappa shape index (κ1) is 13.1. The average Bonchev–Trinajstić information content (AvgIpc) is 2.28. The van der Waals surface area contributed by atoms with Gasteiger partial charge in [-0.3, -0.25) is 4.79 Å². The van der Waals surface area contributed by atoms with Gasteiger partial charge < -0.3 is 5.32 Å². The van der Waals surface area contributed by atoms with Crippen molar-refractivity contribution in [2.45, 2.75) is 51.9 Å². The van der Waals surface area contributed by atoms with Crippen LogP contribution in [0.25, 0.3) is 0 Å². The van der Waals surface area contributed by atoms with E-state index in [0.717, 1.165) is 18.5 Å². The van der Waals surface area contributed by atoms with Crippen molar-refractivity contribution < 1.29 is 4.79 Å². The molecule has 98 valence electrons. The second kappa shape index (κ2) is 6.58. The van der Waals surface area contributed by atoms with Gasteiger partial charge in [0.1, 0.15) is 0 Å². The summed E-state index contributed by atoms with van der Waals surface area (Å²) in [7, 11) is 0. The van der Waals surface area contributed by atoms with E-state index in [1.807, 2.05) is 31.2 Å². The quantitative estimate of drug-likeness (QED) is 0.827. The third kappa shape index (κ3) is 3.86. The van der Waals surface area contributed by atoms with Crippen molar-refractivity contribution >= 4 is 11.6 Å². The molecule has 0 saturated heterocycles. The number of rotatable bonds is 2. The number of aryl methyl sites for hydroxylation is 1. The normalized spacial score (nSPS) is 17.8. The SMILES string of the molecule is Cc1cccc(NC(=O)C2CCCCCCC2)c1. The lowest BCUT2D eigenvalue weighted by atomic mass is 9.90. The zero-order valence-corrected chi connectivity index (χ0v) is 11.2. The lowest BCUT2D eigenvalue weighted by molar-refractivity contribution is -0.120. The lowest BCUT2D eigenvalue weighted by Crippen LogP contribution is -2.23. The Hall–Kier alpha value is -1.31.